The lowest BCUT2D eigenvalue weighted by molar-refractivity contribution is 0.142. The molecule has 2 atom stereocenters. The van der Waals surface area contributed by atoms with Gasteiger partial charge in [0.05, 0.1) is 24.9 Å². The van der Waals surface area contributed by atoms with Gasteiger partial charge in [-0.1, -0.05) is 30.3 Å². The van der Waals surface area contributed by atoms with Crippen LogP contribution in [-0.2, 0) is 12.1 Å². The van der Waals surface area contributed by atoms with E-state index in [-0.39, 0.29) is 18.1 Å². The molecule has 4 heterocycles. The predicted molar refractivity (Wildman–Crippen MR) is 134 cm³/mol. The van der Waals surface area contributed by atoms with E-state index in [9.17, 15) is 4.79 Å². The summed E-state index contributed by atoms with van der Waals surface area (Å²) in [5.41, 5.74) is 2.55. The average Bonchev–Trinajstić information content (AvgIpc) is 3.21. The lowest BCUT2D eigenvalue weighted by Gasteiger charge is -2.32. The van der Waals surface area contributed by atoms with E-state index in [4.69, 9.17) is 4.74 Å². The molecule has 0 unspecified atom stereocenters. The first kappa shape index (κ1) is 22.6. The largest absolute Gasteiger partial charge is 0.467 e. The minimum atomic E-state index is -0.541. The number of hydrogen-bond donors (Lipinski definition) is 3. The molecule has 1 aromatic carbocycles. The van der Waals surface area contributed by atoms with Crippen molar-refractivity contribution in [1.82, 2.24) is 35.4 Å². The maximum atomic E-state index is 13.3. The molecule has 1 saturated carbocycles. The maximum absolute atomic E-state index is 13.3. The van der Waals surface area contributed by atoms with E-state index in [0.717, 1.165) is 43.6 Å². The molecule has 0 radical (unpaired) electrons. The van der Waals surface area contributed by atoms with Gasteiger partial charge in [-0.05, 0) is 38.7 Å². The molecule has 1 saturated heterocycles. The van der Waals surface area contributed by atoms with Crippen LogP contribution in [0.2, 0.25) is 0 Å². The van der Waals surface area contributed by atoms with Gasteiger partial charge in [0.25, 0.3) is 0 Å². The second-order valence-corrected chi connectivity index (χ2v) is 10.1. The minimum Gasteiger partial charge on any atom is -0.467 e. The fraction of sp³-hybridized carbons (Fsp3) is 0.480. The van der Waals surface area contributed by atoms with Crippen molar-refractivity contribution in [2.75, 3.05) is 30.4 Å². The molecule has 2 fully saturated rings. The van der Waals surface area contributed by atoms with Crippen LogP contribution in [0.3, 0.4) is 0 Å². The van der Waals surface area contributed by atoms with E-state index in [2.05, 4.69) is 52.8 Å². The van der Waals surface area contributed by atoms with Gasteiger partial charge in [-0.2, -0.15) is 20.1 Å². The molecule has 188 valence electrons. The standard InChI is InChI=1S/C25H31N9O2/c1-25(2)19-17(14-34(25)24(35)26-18-13-16(18)15-9-5-4-6-10-15)20(32-31-19)27-21-28-22(30-23(29-21)36-3)33-11-7-8-12-33/h4-6,9-10,16,18H,7-8,11-14H2,1-3H3,(H,26,35)(H2,27,28,29,30,31,32)/t16-,18+/m0/s1. The van der Waals surface area contributed by atoms with Crippen molar-refractivity contribution in [3.63, 3.8) is 0 Å². The Morgan fingerprint density at radius 2 is 1.92 bits per heavy atom. The van der Waals surface area contributed by atoms with Crippen molar-refractivity contribution in [3.8, 4) is 6.01 Å². The molecule has 2 aliphatic heterocycles. The number of methoxy groups -OCH3 is 1. The number of amides is 2. The number of H-pyrrole nitrogens is 1. The fourth-order valence-electron chi connectivity index (χ4n) is 5.26. The van der Waals surface area contributed by atoms with Crippen molar-refractivity contribution in [1.29, 1.82) is 0 Å². The second-order valence-electron chi connectivity index (χ2n) is 10.1. The summed E-state index contributed by atoms with van der Waals surface area (Å²) in [4.78, 5) is 30.7. The number of nitrogens with zero attached hydrogens (tertiary/aromatic N) is 6. The number of carbonyl (C=O) groups excluding carboxylic acids is 1. The van der Waals surface area contributed by atoms with E-state index in [1.807, 2.05) is 36.9 Å². The summed E-state index contributed by atoms with van der Waals surface area (Å²) in [7, 11) is 1.54. The molecule has 1 aliphatic carbocycles. The van der Waals surface area contributed by atoms with Crippen molar-refractivity contribution in [3.05, 3.63) is 47.2 Å². The minimum absolute atomic E-state index is 0.0721. The Morgan fingerprint density at radius 1 is 1.14 bits per heavy atom. The van der Waals surface area contributed by atoms with Crippen LogP contribution in [-0.4, -0.2) is 62.3 Å². The van der Waals surface area contributed by atoms with Gasteiger partial charge in [0.2, 0.25) is 11.9 Å². The molecule has 0 spiro atoms. The van der Waals surface area contributed by atoms with Crippen LogP contribution < -0.4 is 20.3 Å². The number of urea groups is 1. The Morgan fingerprint density at radius 3 is 2.67 bits per heavy atom. The summed E-state index contributed by atoms with van der Waals surface area (Å²) in [6.45, 7) is 6.30. The summed E-state index contributed by atoms with van der Waals surface area (Å²) in [5, 5.41) is 14.1. The van der Waals surface area contributed by atoms with Gasteiger partial charge in [-0.25, -0.2) is 4.79 Å². The van der Waals surface area contributed by atoms with Crippen molar-refractivity contribution >= 4 is 23.7 Å². The summed E-state index contributed by atoms with van der Waals surface area (Å²) < 4.78 is 5.31. The smallest absolute Gasteiger partial charge is 0.322 e. The molecule has 11 nitrogen and oxygen atoms in total. The molecule has 11 heteroatoms. The predicted octanol–water partition coefficient (Wildman–Crippen LogP) is 3.26. The first-order valence-electron chi connectivity index (χ1n) is 12.5. The Labute approximate surface area is 209 Å². The Balaban J connectivity index is 1.18. The number of anilines is 3. The van der Waals surface area contributed by atoms with Crippen molar-refractivity contribution in [2.24, 2.45) is 0 Å². The quantitative estimate of drug-likeness (QED) is 0.482. The summed E-state index contributed by atoms with van der Waals surface area (Å²) in [6, 6.07) is 10.7. The molecule has 0 bridgehead atoms. The number of ether oxygens (including phenoxy) is 1. The summed E-state index contributed by atoms with van der Waals surface area (Å²) in [5.74, 6) is 1.93. The topological polar surface area (TPSA) is 124 Å². The van der Waals surface area contributed by atoms with Crippen molar-refractivity contribution in [2.45, 2.75) is 57.2 Å². The molecular weight excluding hydrogens is 458 g/mol. The zero-order chi connectivity index (χ0) is 24.9. The van der Waals surface area contributed by atoms with Crippen molar-refractivity contribution < 1.29 is 9.53 Å². The molecule has 3 aromatic rings. The molecular formula is C25H31N9O2. The molecule has 3 N–H and O–H groups in total. The highest BCUT2D eigenvalue weighted by atomic mass is 16.5. The Bertz CT molecular complexity index is 1270. The SMILES string of the molecule is COc1nc(Nc2n[nH]c3c2CN(C(=O)N[C@@H]2C[C@H]2c2ccccc2)C3(C)C)nc(N2CCCC2)n1. The summed E-state index contributed by atoms with van der Waals surface area (Å²) in [6.07, 6.45) is 3.19. The highest BCUT2D eigenvalue weighted by Gasteiger charge is 2.46. The van der Waals surface area contributed by atoms with Gasteiger partial charge in [-0.3, -0.25) is 5.10 Å². The van der Waals surface area contributed by atoms with Gasteiger partial charge in [-0.15, -0.1) is 0 Å². The third-order valence-electron chi connectivity index (χ3n) is 7.45. The number of hydrogen-bond acceptors (Lipinski definition) is 8. The Hall–Kier alpha value is -3.89. The molecule has 36 heavy (non-hydrogen) atoms. The number of nitrogens with one attached hydrogen (secondary N) is 3. The Kier molecular flexibility index (Phi) is 5.42. The van der Waals surface area contributed by atoms with Crippen LogP contribution in [0.4, 0.5) is 22.5 Å². The zero-order valence-corrected chi connectivity index (χ0v) is 20.8. The maximum Gasteiger partial charge on any atom is 0.322 e. The van der Waals surface area contributed by atoms with E-state index >= 15 is 0 Å². The van der Waals surface area contributed by atoms with Gasteiger partial charge in [0, 0.05) is 30.6 Å². The number of aromatic nitrogens is 5. The van der Waals surface area contributed by atoms with Crippen LogP contribution >= 0.6 is 0 Å². The molecule has 2 amide bonds. The lowest BCUT2D eigenvalue weighted by Crippen LogP contribution is -2.47. The van der Waals surface area contributed by atoms with Gasteiger partial charge in [0.1, 0.15) is 0 Å². The van der Waals surface area contributed by atoms with Gasteiger partial charge in [0.15, 0.2) is 5.82 Å². The highest BCUT2D eigenvalue weighted by Crippen LogP contribution is 2.43. The first-order valence-corrected chi connectivity index (χ1v) is 12.5. The number of carbonyl (C=O) groups is 1. The first-order chi connectivity index (χ1) is 17.4. The normalized spacial score (nSPS) is 21.9. The van der Waals surface area contributed by atoms with Crippen LogP contribution in [0.15, 0.2) is 30.3 Å². The van der Waals surface area contributed by atoms with Crippen LogP contribution in [0, 0.1) is 0 Å². The third-order valence-corrected chi connectivity index (χ3v) is 7.45. The monoisotopic (exact) mass is 489 g/mol. The fourth-order valence-corrected chi connectivity index (χ4v) is 5.26. The number of fused-ring (bicyclic) bond motifs is 1. The third kappa shape index (κ3) is 3.98. The van der Waals surface area contributed by atoms with Crippen LogP contribution in [0.5, 0.6) is 6.01 Å². The molecule has 3 aliphatic rings. The number of aromatic amines is 1. The zero-order valence-electron chi connectivity index (χ0n) is 20.8. The second kappa shape index (κ2) is 8.65. The van der Waals surface area contributed by atoms with E-state index in [0.29, 0.717) is 30.2 Å². The van der Waals surface area contributed by atoms with E-state index < -0.39 is 5.54 Å². The van der Waals surface area contributed by atoms with Crippen LogP contribution in [0.25, 0.3) is 0 Å². The molecule has 6 rings (SSSR count). The molecule has 2 aromatic heterocycles. The van der Waals surface area contributed by atoms with E-state index in [1.165, 1.54) is 5.56 Å². The van der Waals surface area contributed by atoms with Gasteiger partial charge >= 0.3 is 12.0 Å². The average molecular weight is 490 g/mol. The lowest BCUT2D eigenvalue weighted by atomic mass is 10.0. The van der Waals surface area contributed by atoms with E-state index in [1.54, 1.807) is 7.11 Å². The number of benzene rings is 1. The highest BCUT2D eigenvalue weighted by molar-refractivity contribution is 5.78. The van der Waals surface area contributed by atoms with Crippen LogP contribution in [0.1, 0.15) is 55.8 Å². The summed E-state index contributed by atoms with van der Waals surface area (Å²) >= 11 is 0. The van der Waals surface area contributed by atoms with Gasteiger partial charge < -0.3 is 25.2 Å². The number of rotatable bonds is 6.